The van der Waals surface area contributed by atoms with Gasteiger partial charge in [0.15, 0.2) is 6.29 Å². The van der Waals surface area contributed by atoms with Gasteiger partial charge in [-0.3, -0.25) is 4.79 Å². The molecule has 3 aromatic rings. The molecule has 1 unspecified atom stereocenters. The average molecular weight is 568 g/mol. The van der Waals surface area contributed by atoms with Crippen molar-refractivity contribution in [3.8, 4) is 0 Å². The van der Waals surface area contributed by atoms with Gasteiger partial charge in [-0.2, -0.15) is 26.3 Å². The summed E-state index contributed by atoms with van der Waals surface area (Å²) in [6.45, 7) is 4.35. The van der Waals surface area contributed by atoms with Gasteiger partial charge in [-0.1, -0.05) is 24.3 Å². The molecule has 2 aromatic carbocycles. The van der Waals surface area contributed by atoms with Gasteiger partial charge in [0, 0.05) is 24.9 Å². The first-order valence-corrected chi connectivity index (χ1v) is 12.8. The van der Waals surface area contributed by atoms with Crippen molar-refractivity contribution >= 4 is 5.91 Å². The van der Waals surface area contributed by atoms with E-state index in [0.29, 0.717) is 30.8 Å². The van der Waals surface area contributed by atoms with E-state index in [1.165, 1.54) is 19.5 Å². The van der Waals surface area contributed by atoms with Gasteiger partial charge in [0.2, 0.25) is 0 Å². The van der Waals surface area contributed by atoms with Crippen LogP contribution in [0.3, 0.4) is 0 Å². The van der Waals surface area contributed by atoms with E-state index in [1.807, 2.05) is 31.2 Å². The lowest BCUT2D eigenvalue weighted by atomic mass is 9.76. The fourth-order valence-electron chi connectivity index (χ4n) is 5.69. The number of carbonyl (C=O) groups is 1. The number of fused-ring (bicyclic) bond motifs is 1. The van der Waals surface area contributed by atoms with E-state index in [9.17, 15) is 31.1 Å². The summed E-state index contributed by atoms with van der Waals surface area (Å²) in [5.74, 6) is -0.769. The summed E-state index contributed by atoms with van der Waals surface area (Å²) < 4.78 is 98.1. The highest BCUT2D eigenvalue weighted by Crippen LogP contribution is 2.46. The van der Waals surface area contributed by atoms with E-state index in [-0.39, 0.29) is 36.0 Å². The minimum atomic E-state index is -4.97. The lowest BCUT2D eigenvalue weighted by molar-refractivity contribution is -0.217. The first-order chi connectivity index (χ1) is 18.8. The van der Waals surface area contributed by atoms with Crippen LogP contribution in [0.5, 0.6) is 0 Å². The van der Waals surface area contributed by atoms with Crippen molar-refractivity contribution in [3.63, 3.8) is 0 Å². The lowest BCUT2D eigenvalue weighted by Crippen LogP contribution is -2.42. The molecule has 1 aromatic heterocycles. The topological polar surface area (TPSA) is 51.9 Å². The van der Waals surface area contributed by atoms with Crippen LogP contribution in [0.25, 0.3) is 0 Å². The van der Waals surface area contributed by atoms with Crippen molar-refractivity contribution in [3.05, 3.63) is 94.4 Å². The SMILES string of the molecule is Cc1ccccc1[C@H]1C2CN(C(=O)c3ccoc3)C[C@H]2CO[C@@H]1O[C@H](C)c1cc(C(F)(F)F)cc(C(F)(F)F)c1. The number of hydrogen-bond donors (Lipinski definition) is 0. The number of amides is 1. The Morgan fingerprint density at radius 3 is 2.27 bits per heavy atom. The number of furan rings is 1. The van der Waals surface area contributed by atoms with E-state index < -0.39 is 41.8 Å². The van der Waals surface area contributed by atoms with Crippen molar-refractivity contribution in [2.45, 2.75) is 44.5 Å². The first kappa shape index (κ1) is 28.2. The normalized spacial score (nSPS) is 24.1. The summed E-state index contributed by atoms with van der Waals surface area (Å²) in [5, 5.41) is 0. The summed E-state index contributed by atoms with van der Waals surface area (Å²) in [6.07, 6.45) is -9.27. The summed E-state index contributed by atoms with van der Waals surface area (Å²) in [6, 6.07) is 10.5. The molecule has 5 atom stereocenters. The zero-order valence-electron chi connectivity index (χ0n) is 21.6. The standard InChI is InChI=1S/C29H27F6NO4/c1-16-5-3-4-6-23(16)25-24-13-36(26(37)18-7-8-38-14-18)12-20(24)15-39-27(25)40-17(2)19-9-21(28(30,31)32)11-22(10-19)29(33,34)35/h3-11,14,17,20,24-25,27H,12-13,15H2,1-2H3/t17-,20+,24?,25+,27-/m1/s1. The summed E-state index contributed by atoms with van der Waals surface area (Å²) in [7, 11) is 0. The lowest BCUT2D eigenvalue weighted by Gasteiger charge is -2.41. The Morgan fingerprint density at radius 1 is 1.00 bits per heavy atom. The van der Waals surface area contributed by atoms with Crippen LogP contribution < -0.4 is 0 Å². The Labute approximate surface area is 226 Å². The molecule has 5 rings (SSSR count). The zero-order valence-corrected chi connectivity index (χ0v) is 21.6. The Balaban J connectivity index is 1.46. The molecule has 5 nitrogen and oxygen atoms in total. The Hall–Kier alpha value is -3.31. The maximum absolute atomic E-state index is 13.5. The highest BCUT2D eigenvalue weighted by atomic mass is 19.4. The van der Waals surface area contributed by atoms with E-state index in [1.54, 1.807) is 11.0 Å². The fraction of sp³-hybridized carbons (Fsp3) is 0.414. The van der Waals surface area contributed by atoms with Gasteiger partial charge in [-0.25, -0.2) is 0 Å². The maximum Gasteiger partial charge on any atom is 0.416 e. The third kappa shape index (κ3) is 5.62. The van der Waals surface area contributed by atoms with Crippen LogP contribution in [0.4, 0.5) is 26.3 Å². The van der Waals surface area contributed by atoms with Crippen LogP contribution in [-0.4, -0.2) is 36.8 Å². The van der Waals surface area contributed by atoms with E-state index in [4.69, 9.17) is 13.9 Å². The number of benzene rings is 2. The molecule has 0 saturated carbocycles. The largest absolute Gasteiger partial charge is 0.472 e. The van der Waals surface area contributed by atoms with Crippen LogP contribution in [-0.2, 0) is 21.8 Å². The number of rotatable bonds is 5. The Bertz CT molecular complexity index is 1320. The van der Waals surface area contributed by atoms with Crippen molar-refractivity contribution in [2.24, 2.45) is 11.8 Å². The second kappa shape index (κ2) is 10.6. The molecule has 0 radical (unpaired) electrons. The first-order valence-electron chi connectivity index (χ1n) is 12.8. The van der Waals surface area contributed by atoms with E-state index in [0.717, 1.165) is 11.1 Å². The smallest absolute Gasteiger partial charge is 0.416 e. The monoisotopic (exact) mass is 567 g/mol. The zero-order chi connectivity index (χ0) is 28.8. The number of likely N-dealkylation sites (tertiary alicyclic amines) is 1. The van der Waals surface area contributed by atoms with Gasteiger partial charge < -0.3 is 18.8 Å². The quantitative estimate of drug-likeness (QED) is 0.305. The number of ether oxygens (including phenoxy) is 2. The molecule has 1 amide bonds. The Kier molecular flexibility index (Phi) is 7.47. The number of aryl methyl sites for hydroxylation is 1. The number of hydrogen-bond acceptors (Lipinski definition) is 4. The molecular formula is C29H27F6NO4. The Morgan fingerprint density at radius 2 is 1.68 bits per heavy atom. The molecule has 11 heteroatoms. The number of alkyl halides is 6. The van der Waals surface area contributed by atoms with Gasteiger partial charge >= 0.3 is 12.4 Å². The predicted molar refractivity (Wildman–Crippen MR) is 131 cm³/mol. The highest BCUT2D eigenvalue weighted by molar-refractivity contribution is 5.94. The van der Waals surface area contributed by atoms with Crippen LogP contribution in [0.1, 0.15) is 57.1 Å². The van der Waals surface area contributed by atoms with Crippen molar-refractivity contribution in [2.75, 3.05) is 19.7 Å². The molecule has 0 bridgehead atoms. The maximum atomic E-state index is 13.5. The molecule has 0 spiro atoms. The number of carbonyl (C=O) groups excluding carboxylic acids is 1. The van der Waals surface area contributed by atoms with Gasteiger partial charge in [0.05, 0.1) is 35.7 Å². The summed E-state index contributed by atoms with van der Waals surface area (Å²) in [4.78, 5) is 14.8. The van der Waals surface area contributed by atoms with Crippen LogP contribution in [0, 0.1) is 18.8 Å². The average Bonchev–Trinajstić information content (AvgIpc) is 3.58. The molecule has 40 heavy (non-hydrogen) atoms. The fourth-order valence-corrected chi connectivity index (χ4v) is 5.69. The molecule has 0 N–H and O–H groups in total. The second-order valence-corrected chi connectivity index (χ2v) is 10.3. The van der Waals surface area contributed by atoms with Crippen LogP contribution in [0.2, 0.25) is 0 Å². The summed E-state index contributed by atoms with van der Waals surface area (Å²) in [5.41, 5.74) is -0.852. The molecule has 2 aliphatic heterocycles. The predicted octanol–water partition coefficient (Wildman–Crippen LogP) is 7.23. The van der Waals surface area contributed by atoms with Gasteiger partial charge in [-0.05, 0) is 60.7 Å². The molecule has 0 aliphatic carbocycles. The molecule has 3 heterocycles. The van der Waals surface area contributed by atoms with Gasteiger partial charge in [-0.15, -0.1) is 0 Å². The van der Waals surface area contributed by atoms with Crippen molar-refractivity contribution < 1.29 is 45.0 Å². The van der Waals surface area contributed by atoms with E-state index in [2.05, 4.69) is 0 Å². The third-order valence-corrected chi connectivity index (χ3v) is 7.74. The molecule has 2 saturated heterocycles. The number of halogens is 6. The number of nitrogens with zero attached hydrogens (tertiary/aromatic N) is 1. The van der Waals surface area contributed by atoms with Crippen molar-refractivity contribution in [1.29, 1.82) is 0 Å². The minimum Gasteiger partial charge on any atom is -0.472 e. The van der Waals surface area contributed by atoms with Crippen molar-refractivity contribution in [1.82, 2.24) is 4.90 Å². The van der Waals surface area contributed by atoms with Crippen LogP contribution in [0.15, 0.2) is 65.5 Å². The van der Waals surface area contributed by atoms with E-state index >= 15 is 0 Å². The second-order valence-electron chi connectivity index (χ2n) is 10.3. The van der Waals surface area contributed by atoms with Gasteiger partial charge in [0.25, 0.3) is 5.91 Å². The highest BCUT2D eigenvalue weighted by Gasteiger charge is 2.49. The summed E-state index contributed by atoms with van der Waals surface area (Å²) >= 11 is 0. The minimum absolute atomic E-state index is 0.0407. The third-order valence-electron chi connectivity index (χ3n) is 7.74. The molecular weight excluding hydrogens is 540 g/mol. The van der Waals surface area contributed by atoms with Crippen LogP contribution >= 0.6 is 0 Å². The molecule has 2 fully saturated rings. The molecule has 2 aliphatic rings. The van der Waals surface area contributed by atoms with Gasteiger partial charge in [0.1, 0.15) is 6.26 Å². The molecule has 214 valence electrons.